The lowest BCUT2D eigenvalue weighted by Crippen LogP contribution is -2.26. The minimum Gasteiger partial charge on any atom is -0.307 e. The SMILES string of the molecule is Cc1nc(CNC(C)CC2CC2)n[nH]1. The van der Waals surface area contributed by atoms with Crippen LogP contribution in [-0.2, 0) is 6.54 Å². The molecule has 1 heterocycles. The van der Waals surface area contributed by atoms with Gasteiger partial charge in [-0.25, -0.2) is 4.98 Å². The van der Waals surface area contributed by atoms with E-state index in [1.165, 1.54) is 19.3 Å². The number of aromatic amines is 1. The molecule has 1 aromatic heterocycles. The van der Waals surface area contributed by atoms with Crippen LogP contribution < -0.4 is 5.32 Å². The van der Waals surface area contributed by atoms with E-state index in [0.29, 0.717) is 6.04 Å². The van der Waals surface area contributed by atoms with Gasteiger partial charge in [-0.05, 0) is 26.2 Å². The molecule has 1 unspecified atom stereocenters. The first kappa shape index (κ1) is 9.65. The Morgan fingerprint density at radius 3 is 2.93 bits per heavy atom. The summed E-state index contributed by atoms with van der Waals surface area (Å²) in [4.78, 5) is 4.25. The van der Waals surface area contributed by atoms with Crippen molar-refractivity contribution in [3.8, 4) is 0 Å². The topological polar surface area (TPSA) is 53.6 Å². The fourth-order valence-electron chi connectivity index (χ4n) is 1.67. The van der Waals surface area contributed by atoms with Crippen molar-refractivity contribution in [3.05, 3.63) is 11.6 Å². The molecule has 0 aliphatic heterocycles. The second-order valence-corrected chi connectivity index (χ2v) is 4.30. The van der Waals surface area contributed by atoms with Gasteiger partial charge in [0.2, 0.25) is 0 Å². The van der Waals surface area contributed by atoms with Crippen LogP contribution in [0.5, 0.6) is 0 Å². The summed E-state index contributed by atoms with van der Waals surface area (Å²) in [5, 5.41) is 10.4. The first-order valence-electron chi connectivity index (χ1n) is 5.35. The lowest BCUT2D eigenvalue weighted by atomic mass is 10.1. The number of aromatic nitrogens is 3. The van der Waals surface area contributed by atoms with Crippen LogP contribution in [-0.4, -0.2) is 21.2 Å². The van der Waals surface area contributed by atoms with Crippen LogP contribution in [0.3, 0.4) is 0 Å². The molecule has 0 spiro atoms. The summed E-state index contributed by atoms with van der Waals surface area (Å²) in [5.74, 6) is 2.73. The molecule has 78 valence electrons. The molecule has 1 fully saturated rings. The maximum atomic E-state index is 4.25. The fourth-order valence-corrected chi connectivity index (χ4v) is 1.67. The summed E-state index contributed by atoms with van der Waals surface area (Å²) in [5.41, 5.74) is 0. The van der Waals surface area contributed by atoms with E-state index in [-0.39, 0.29) is 0 Å². The molecular formula is C10H18N4. The van der Waals surface area contributed by atoms with Crippen LogP contribution in [0.25, 0.3) is 0 Å². The second kappa shape index (κ2) is 4.09. The molecule has 1 saturated carbocycles. The van der Waals surface area contributed by atoms with Crippen LogP contribution in [0.1, 0.15) is 37.8 Å². The van der Waals surface area contributed by atoms with E-state index in [1.807, 2.05) is 6.92 Å². The zero-order chi connectivity index (χ0) is 9.97. The molecule has 2 N–H and O–H groups in total. The molecule has 1 atom stereocenters. The summed E-state index contributed by atoms with van der Waals surface area (Å²) in [6.45, 7) is 4.93. The summed E-state index contributed by atoms with van der Waals surface area (Å²) >= 11 is 0. The van der Waals surface area contributed by atoms with E-state index >= 15 is 0 Å². The van der Waals surface area contributed by atoms with Gasteiger partial charge in [-0.1, -0.05) is 12.8 Å². The third-order valence-electron chi connectivity index (χ3n) is 2.64. The van der Waals surface area contributed by atoms with E-state index in [0.717, 1.165) is 24.1 Å². The molecular weight excluding hydrogens is 176 g/mol. The Labute approximate surface area is 84.5 Å². The molecule has 0 bridgehead atoms. The van der Waals surface area contributed by atoms with Crippen LogP contribution in [0, 0.1) is 12.8 Å². The maximum absolute atomic E-state index is 4.25. The molecule has 2 rings (SSSR count). The highest BCUT2D eigenvalue weighted by molar-refractivity contribution is 4.88. The Morgan fingerprint density at radius 2 is 2.36 bits per heavy atom. The number of nitrogens with one attached hydrogen (secondary N) is 2. The Bertz CT molecular complexity index is 290. The number of hydrogen-bond donors (Lipinski definition) is 2. The van der Waals surface area contributed by atoms with Gasteiger partial charge in [0.1, 0.15) is 5.82 Å². The molecule has 0 saturated heterocycles. The van der Waals surface area contributed by atoms with Gasteiger partial charge in [0.05, 0.1) is 6.54 Å². The average molecular weight is 194 g/mol. The molecule has 0 radical (unpaired) electrons. The predicted molar refractivity (Wildman–Crippen MR) is 54.8 cm³/mol. The van der Waals surface area contributed by atoms with Crippen molar-refractivity contribution in [2.75, 3.05) is 0 Å². The predicted octanol–water partition coefficient (Wildman–Crippen LogP) is 1.39. The number of hydrogen-bond acceptors (Lipinski definition) is 3. The van der Waals surface area contributed by atoms with Crippen molar-refractivity contribution in [1.29, 1.82) is 0 Å². The summed E-state index contributed by atoms with van der Waals surface area (Å²) in [6, 6.07) is 0.585. The first-order chi connectivity index (χ1) is 6.74. The smallest absolute Gasteiger partial charge is 0.164 e. The average Bonchev–Trinajstić information content (AvgIpc) is 2.85. The number of nitrogens with zero attached hydrogens (tertiary/aromatic N) is 2. The van der Waals surface area contributed by atoms with E-state index < -0.39 is 0 Å². The van der Waals surface area contributed by atoms with Gasteiger partial charge in [-0.2, -0.15) is 5.10 Å². The van der Waals surface area contributed by atoms with Crippen molar-refractivity contribution in [2.45, 2.75) is 45.7 Å². The monoisotopic (exact) mass is 194 g/mol. The highest BCUT2D eigenvalue weighted by Gasteiger charge is 2.23. The minimum absolute atomic E-state index is 0.585. The quantitative estimate of drug-likeness (QED) is 0.744. The van der Waals surface area contributed by atoms with Crippen molar-refractivity contribution in [3.63, 3.8) is 0 Å². The molecule has 1 aliphatic carbocycles. The molecule has 1 aromatic rings. The van der Waals surface area contributed by atoms with E-state index in [9.17, 15) is 0 Å². The van der Waals surface area contributed by atoms with Gasteiger partial charge < -0.3 is 5.32 Å². The van der Waals surface area contributed by atoms with Crippen molar-refractivity contribution >= 4 is 0 Å². The molecule has 1 aliphatic rings. The molecule has 0 amide bonds. The van der Waals surface area contributed by atoms with Crippen molar-refractivity contribution < 1.29 is 0 Å². The standard InChI is InChI=1S/C10H18N4/c1-7(5-9-3-4-9)11-6-10-12-8(2)13-14-10/h7,9,11H,3-6H2,1-2H3,(H,12,13,14). The van der Waals surface area contributed by atoms with E-state index in [1.54, 1.807) is 0 Å². The Balaban J connectivity index is 1.70. The Morgan fingerprint density at radius 1 is 1.57 bits per heavy atom. The number of rotatable bonds is 5. The lowest BCUT2D eigenvalue weighted by molar-refractivity contribution is 0.480. The number of aryl methyl sites for hydroxylation is 1. The lowest BCUT2D eigenvalue weighted by Gasteiger charge is -2.10. The molecule has 4 nitrogen and oxygen atoms in total. The van der Waals surface area contributed by atoms with E-state index in [4.69, 9.17) is 0 Å². The van der Waals surface area contributed by atoms with Gasteiger partial charge in [-0.3, -0.25) is 5.10 Å². The van der Waals surface area contributed by atoms with Crippen LogP contribution in [0.2, 0.25) is 0 Å². The third kappa shape index (κ3) is 2.80. The maximum Gasteiger partial charge on any atom is 0.164 e. The third-order valence-corrected chi connectivity index (χ3v) is 2.64. The van der Waals surface area contributed by atoms with Gasteiger partial charge in [0.25, 0.3) is 0 Å². The Kier molecular flexibility index (Phi) is 2.82. The van der Waals surface area contributed by atoms with Gasteiger partial charge in [-0.15, -0.1) is 0 Å². The Hall–Kier alpha value is -0.900. The zero-order valence-corrected chi connectivity index (χ0v) is 8.88. The zero-order valence-electron chi connectivity index (χ0n) is 8.88. The summed E-state index contributed by atoms with van der Waals surface area (Å²) < 4.78 is 0. The first-order valence-corrected chi connectivity index (χ1v) is 5.35. The number of H-pyrrole nitrogens is 1. The molecule has 4 heteroatoms. The highest BCUT2D eigenvalue weighted by atomic mass is 15.2. The van der Waals surface area contributed by atoms with Gasteiger partial charge in [0.15, 0.2) is 5.82 Å². The summed E-state index contributed by atoms with van der Waals surface area (Å²) in [7, 11) is 0. The van der Waals surface area contributed by atoms with Crippen molar-refractivity contribution in [2.24, 2.45) is 5.92 Å². The van der Waals surface area contributed by atoms with Crippen LogP contribution in [0.15, 0.2) is 0 Å². The van der Waals surface area contributed by atoms with E-state index in [2.05, 4.69) is 27.4 Å². The summed E-state index contributed by atoms with van der Waals surface area (Å²) in [6.07, 6.45) is 4.14. The van der Waals surface area contributed by atoms with Crippen LogP contribution >= 0.6 is 0 Å². The minimum atomic E-state index is 0.585. The molecule has 14 heavy (non-hydrogen) atoms. The van der Waals surface area contributed by atoms with Crippen LogP contribution in [0.4, 0.5) is 0 Å². The highest BCUT2D eigenvalue weighted by Crippen LogP contribution is 2.33. The van der Waals surface area contributed by atoms with Gasteiger partial charge in [0, 0.05) is 6.04 Å². The fraction of sp³-hybridized carbons (Fsp3) is 0.800. The normalized spacial score (nSPS) is 18.4. The molecule has 0 aromatic carbocycles. The van der Waals surface area contributed by atoms with Gasteiger partial charge >= 0.3 is 0 Å². The van der Waals surface area contributed by atoms with Crippen molar-refractivity contribution in [1.82, 2.24) is 20.5 Å². The second-order valence-electron chi connectivity index (χ2n) is 4.30. The largest absolute Gasteiger partial charge is 0.307 e.